The minimum atomic E-state index is 0.717. The van der Waals surface area contributed by atoms with E-state index in [1.54, 1.807) is 19.7 Å². The van der Waals surface area contributed by atoms with E-state index in [9.17, 15) is 0 Å². The van der Waals surface area contributed by atoms with Crippen molar-refractivity contribution in [1.29, 1.82) is 0 Å². The van der Waals surface area contributed by atoms with Crippen molar-refractivity contribution in [2.75, 3.05) is 6.26 Å². The van der Waals surface area contributed by atoms with Crippen LogP contribution in [0.1, 0.15) is 26.7 Å². The SMILES string of the molecule is CCCC(C)C(SC)SSSS. The zero-order chi connectivity index (χ0) is 9.40. The molecule has 0 aliphatic heterocycles. The lowest BCUT2D eigenvalue weighted by Gasteiger charge is -2.19. The molecule has 0 aliphatic rings. The Hall–Kier alpha value is 1.75. The minimum Gasteiger partial charge on any atom is -0.150 e. The van der Waals surface area contributed by atoms with Gasteiger partial charge in [0.2, 0.25) is 0 Å². The fourth-order valence-corrected chi connectivity index (χ4v) is 6.81. The predicted molar refractivity (Wildman–Crippen MR) is 73.1 cm³/mol. The van der Waals surface area contributed by atoms with Crippen LogP contribution >= 0.6 is 53.9 Å². The van der Waals surface area contributed by atoms with Crippen LogP contribution in [0, 0.1) is 5.92 Å². The fraction of sp³-hybridized carbons (Fsp3) is 1.00. The maximum atomic E-state index is 4.10. The molecular weight excluding hydrogens is 244 g/mol. The van der Waals surface area contributed by atoms with E-state index in [1.165, 1.54) is 12.8 Å². The third-order valence-electron chi connectivity index (χ3n) is 1.61. The standard InChI is InChI=1S/C7H16S5/c1-4-5-6(2)7(9-3)10-12-11-8/h6-8H,4-5H2,1-3H3. The number of hydrogen-bond acceptors (Lipinski definition) is 5. The lowest BCUT2D eigenvalue weighted by molar-refractivity contribution is 0.569. The van der Waals surface area contributed by atoms with Crippen molar-refractivity contribution in [3.63, 3.8) is 0 Å². The predicted octanol–water partition coefficient (Wildman–Crippen LogP) is 4.99. The molecule has 0 aliphatic carbocycles. The Balaban J connectivity index is 3.62. The molecule has 0 radical (unpaired) electrons. The van der Waals surface area contributed by atoms with E-state index in [2.05, 4.69) is 31.8 Å². The van der Waals surface area contributed by atoms with Crippen LogP contribution in [-0.4, -0.2) is 10.8 Å². The minimum absolute atomic E-state index is 0.717. The highest BCUT2D eigenvalue weighted by atomic mass is 33.7. The van der Waals surface area contributed by atoms with E-state index in [1.807, 2.05) is 22.6 Å². The zero-order valence-corrected chi connectivity index (χ0v) is 11.8. The molecule has 5 heteroatoms. The van der Waals surface area contributed by atoms with Crippen LogP contribution in [0.25, 0.3) is 0 Å². The fourth-order valence-electron chi connectivity index (χ4n) is 1.01. The van der Waals surface area contributed by atoms with Crippen molar-refractivity contribution in [2.45, 2.75) is 31.3 Å². The first-order chi connectivity index (χ1) is 5.76. The molecule has 2 unspecified atom stereocenters. The van der Waals surface area contributed by atoms with Gasteiger partial charge in [0.05, 0.1) is 4.58 Å². The van der Waals surface area contributed by atoms with Crippen LogP contribution in [0.4, 0.5) is 0 Å². The normalized spacial score (nSPS) is 16.0. The van der Waals surface area contributed by atoms with Crippen LogP contribution in [0.3, 0.4) is 0 Å². The lowest BCUT2D eigenvalue weighted by atomic mass is 10.1. The molecule has 0 saturated carbocycles. The van der Waals surface area contributed by atoms with Gasteiger partial charge in [0.15, 0.2) is 0 Å². The number of hydrogen-bond donors (Lipinski definition) is 1. The smallest absolute Gasteiger partial charge is 0.0637 e. The van der Waals surface area contributed by atoms with Gasteiger partial charge in [-0.15, -0.1) is 11.8 Å². The summed E-state index contributed by atoms with van der Waals surface area (Å²) < 4.78 is 0.717. The van der Waals surface area contributed by atoms with E-state index in [4.69, 9.17) is 0 Å². The second-order valence-electron chi connectivity index (χ2n) is 2.61. The van der Waals surface area contributed by atoms with E-state index in [0.29, 0.717) is 0 Å². The summed E-state index contributed by atoms with van der Waals surface area (Å²) in [5.74, 6) is 0.808. The van der Waals surface area contributed by atoms with Crippen molar-refractivity contribution in [3.05, 3.63) is 0 Å². The van der Waals surface area contributed by atoms with Gasteiger partial charge in [-0.3, -0.25) is 0 Å². The maximum absolute atomic E-state index is 4.10. The van der Waals surface area contributed by atoms with E-state index >= 15 is 0 Å². The van der Waals surface area contributed by atoms with E-state index in [-0.39, 0.29) is 0 Å². The van der Waals surface area contributed by atoms with E-state index in [0.717, 1.165) is 10.5 Å². The Morgan fingerprint density at radius 3 is 2.50 bits per heavy atom. The summed E-state index contributed by atoms with van der Waals surface area (Å²) >= 11 is 6.06. The summed E-state index contributed by atoms with van der Waals surface area (Å²) in [5.41, 5.74) is 0. The maximum Gasteiger partial charge on any atom is 0.0637 e. The summed E-state index contributed by atoms with van der Waals surface area (Å²) in [4.78, 5) is 0. The van der Waals surface area contributed by atoms with Crippen molar-refractivity contribution in [1.82, 2.24) is 0 Å². The van der Waals surface area contributed by atoms with Crippen molar-refractivity contribution >= 4 is 53.9 Å². The topological polar surface area (TPSA) is 0 Å². The summed E-state index contributed by atoms with van der Waals surface area (Å²) in [6, 6.07) is 0. The molecule has 0 nitrogen and oxygen atoms in total. The molecule has 0 N–H and O–H groups in total. The molecule has 12 heavy (non-hydrogen) atoms. The Morgan fingerprint density at radius 1 is 1.42 bits per heavy atom. The van der Waals surface area contributed by atoms with Crippen molar-refractivity contribution < 1.29 is 0 Å². The average Bonchev–Trinajstić information content (AvgIpc) is 2.06. The lowest BCUT2D eigenvalue weighted by Crippen LogP contribution is -2.08. The number of rotatable bonds is 7. The molecule has 2 atom stereocenters. The average molecular weight is 261 g/mol. The summed E-state index contributed by atoms with van der Waals surface area (Å²) in [5, 5.41) is 0. The van der Waals surface area contributed by atoms with Crippen molar-refractivity contribution in [3.8, 4) is 0 Å². The van der Waals surface area contributed by atoms with Gasteiger partial charge in [-0.25, -0.2) is 0 Å². The van der Waals surface area contributed by atoms with Crippen LogP contribution in [-0.2, 0) is 0 Å². The Kier molecular flexibility index (Phi) is 10.7. The zero-order valence-electron chi connectivity index (χ0n) is 7.65. The highest BCUT2D eigenvalue weighted by molar-refractivity contribution is 9.24. The molecule has 74 valence electrons. The van der Waals surface area contributed by atoms with Gasteiger partial charge in [0.1, 0.15) is 0 Å². The first-order valence-electron chi connectivity index (χ1n) is 3.92. The molecule has 0 heterocycles. The molecular formula is C7H16S5. The van der Waals surface area contributed by atoms with Gasteiger partial charge in [-0.05, 0) is 38.2 Å². The Morgan fingerprint density at radius 2 is 2.08 bits per heavy atom. The molecule has 0 aromatic carbocycles. The first kappa shape index (κ1) is 13.8. The third kappa shape index (κ3) is 6.24. The summed E-state index contributed by atoms with van der Waals surface area (Å²) in [6.07, 6.45) is 4.81. The van der Waals surface area contributed by atoms with E-state index < -0.39 is 0 Å². The molecule has 0 bridgehead atoms. The van der Waals surface area contributed by atoms with Gasteiger partial charge in [0.25, 0.3) is 0 Å². The molecule has 0 fully saturated rings. The van der Waals surface area contributed by atoms with Gasteiger partial charge in [0, 0.05) is 0 Å². The third-order valence-corrected chi connectivity index (χ3v) is 8.50. The second-order valence-corrected chi connectivity index (χ2v) is 8.87. The van der Waals surface area contributed by atoms with Gasteiger partial charge < -0.3 is 0 Å². The molecule has 0 rings (SSSR count). The quantitative estimate of drug-likeness (QED) is 0.389. The highest BCUT2D eigenvalue weighted by Crippen LogP contribution is 2.45. The number of thioether (sulfide) groups is 1. The molecule has 0 aromatic heterocycles. The summed E-state index contributed by atoms with van der Waals surface area (Å²) in [7, 11) is 5.25. The van der Waals surface area contributed by atoms with Crippen LogP contribution in [0.5, 0.6) is 0 Å². The van der Waals surface area contributed by atoms with Gasteiger partial charge >= 0.3 is 0 Å². The van der Waals surface area contributed by atoms with Crippen LogP contribution in [0.15, 0.2) is 0 Å². The van der Waals surface area contributed by atoms with Crippen molar-refractivity contribution in [2.24, 2.45) is 5.92 Å². The molecule has 0 saturated heterocycles. The summed E-state index contributed by atoms with van der Waals surface area (Å²) in [6.45, 7) is 4.58. The number of thiol groups is 1. The second kappa shape index (κ2) is 9.31. The Labute approximate surface area is 96.8 Å². The van der Waals surface area contributed by atoms with Gasteiger partial charge in [-0.2, -0.15) is 0 Å². The Bertz CT molecular complexity index is 97.8. The molecule has 0 amide bonds. The largest absolute Gasteiger partial charge is 0.150 e. The van der Waals surface area contributed by atoms with Crippen LogP contribution in [0.2, 0.25) is 0 Å². The van der Waals surface area contributed by atoms with Crippen LogP contribution < -0.4 is 0 Å². The molecule has 0 spiro atoms. The van der Waals surface area contributed by atoms with Gasteiger partial charge in [-0.1, -0.05) is 42.7 Å². The monoisotopic (exact) mass is 260 g/mol. The highest BCUT2D eigenvalue weighted by Gasteiger charge is 2.15. The molecule has 0 aromatic rings. The first-order valence-corrected chi connectivity index (χ1v) is 9.81.